The number of hydrogen-bond acceptors (Lipinski definition) is 3. The second-order valence-corrected chi connectivity index (χ2v) is 3.26. The largest absolute Gasteiger partial charge is 0.402 e. The van der Waals surface area contributed by atoms with E-state index >= 15 is 0 Å². The van der Waals surface area contributed by atoms with Crippen molar-refractivity contribution >= 4 is 0 Å². The summed E-state index contributed by atoms with van der Waals surface area (Å²) in [5.41, 5.74) is 12.7. The highest BCUT2D eigenvalue weighted by Gasteiger charge is 2.14. The standard InChI is InChI=1S/C9H17N3/c1-7(10)5-9(11)8-3-2-4-12-6-8/h5,8,12H,1-4,6,10-11H2/b9-5-. The fourth-order valence-corrected chi connectivity index (χ4v) is 1.47. The van der Waals surface area contributed by atoms with Crippen LogP contribution in [0.4, 0.5) is 0 Å². The van der Waals surface area contributed by atoms with Gasteiger partial charge in [0.25, 0.3) is 0 Å². The third-order valence-electron chi connectivity index (χ3n) is 2.12. The van der Waals surface area contributed by atoms with E-state index in [0.29, 0.717) is 11.6 Å². The van der Waals surface area contributed by atoms with E-state index in [2.05, 4.69) is 11.9 Å². The second kappa shape index (κ2) is 4.16. The molecule has 68 valence electrons. The molecule has 0 bridgehead atoms. The van der Waals surface area contributed by atoms with Gasteiger partial charge in [0, 0.05) is 23.9 Å². The summed E-state index contributed by atoms with van der Waals surface area (Å²) in [6.45, 7) is 5.66. The van der Waals surface area contributed by atoms with Crippen LogP contribution >= 0.6 is 0 Å². The van der Waals surface area contributed by atoms with E-state index in [4.69, 9.17) is 11.5 Å². The summed E-state index contributed by atoms with van der Waals surface area (Å²) in [6, 6.07) is 0. The first kappa shape index (κ1) is 9.13. The maximum Gasteiger partial charge on any atom is 0.0258 e. The van der Waals surface area contributed by atoms with Crippen molar-refractivity contribution in [3.8, 4) is 0 Å². The zero-order valence-electron chi connectivity index (χ0n) is 7.34. The number of rotatable bonds is 2. The van der Waals surface area contributed by atoms with E-state index in [1.54, 1.807) is 6.08 Å². The average molecular weight is 167 g/mol. The fraction of sp³-hybridized carbons (Fsp3) is 0.556. The second-order valence-electron chi connectivity index (χ2n) is 3.26. The number of nitrogens with one attached hydrogen (secondary N) is 1. The van der Waals surface area contributed by atoms with Crippen molar-refractivity contribution in [2.45, 2.75) is 12.8 Å². The van der Waals surface area contributed by atoms with Gasteiger partial charge in [0.05, 0.1) is 0 Å². The summed E-state index contributed by atoms with van der Waals surface area (Å²) >= 11 is 0. The molecular weight excluding hydrogens is 150 g/mol. The van der Waals surface area contributed by atoms with Gasteiger partial charge >= 0.3 is 0 Å². The van der Waals surface area contributed by atoms with Gasteiger partial charge < -0.3 is 16.8 Å². The Bertz CT molecular complexity index is 190. The van der Waals surface area contributed by atoms with Crippen LogP contribution in [0.25, 0.3) is 0 Å². The minimum atomic E-state index is 0.444. The molecule has 1 rings (SSSR count). The molecule has 12 heavy (non-hydrogen) atoms. The summed E-state index contributed by atoms with van der Waals surface area (Å²) in [6.07, 6.45) is 4.11. The number of allylic oxidation sites excluding steroid dienone is 1. The molecule has 0 aliphatic carbocycles. The van der Waals surface area contributed by atoms with Gasteiger partial charge in [0.2, 0.25) is 0 Å². The molecule has 0 aromatic carbocycles. The van der Waals surface area contributed by atoms with Crippen LogP contribution in [0, 0.1) is 5.92 Å². The molecule has 1 aliphatic rings. The van der Waals surface area contributed by atoms with Crippen LogP contribution in [0.3, 0.4) is 0 Å². The highest BCUT2D eigenvalue weighted by molar-refractivity contribution is 5.18. The number of nitrogens with two attached hydrogens (primary N) is 2. The molecule has 1 heterocycles. The highest BCUT2D eigenvalue weighted by Crippen LogP contribution is 2.15. The highest BCUT2D eigenvalue weighted by atomic mass is 14.9. The Labute approximate surface area is 73.5 Å². The summed E-state index contributed by atoms with van der Waals surface area (Å²) in [4.78, 5) is 0. The van der Waals surface area contributed by atoms with Gasteiger partial charge in [-0.1, -0.05) is 6.58 Å². The molecule has 0 spiro atoms. The Morgan fingerprint density at radius 3 is 2.75 bits per heavy atom. The first-order valence-corrected chi connectivity index (χ1v) is 4.32. The van der Waals surface area contributed by atoms with Crippen LogP contribution < -0.4 is 16.8 Å². The molecular formula is C9H17N3. The van der Waals surface area contributed by atoms with Crippen LogP contribution in [0.5, 0.6) is 0 Å². The van der Waals surface area contributed by atoms with E-state index in [1.807, 2.05) is 0 Å². The zero-order valence-corrected chi connectivity index (χ0v) is 7.34. The molecule has 1 aliphatic heterocycles. The molecule has 1 unspecified atom stereocenters. The molecule has 3 nitrogen and oxygen atoms in total. The van der Waals surface area contributed by atoms with Crippen molar-refractivity contribution < 1.29 is 0 Å². The van der Waals surface area contributed by atoms with Crippen molar-refractivity contribution in [2.24, 2.45) is 17.4 Å². The molecule has 5 N–H and O–H groups in total. The Balaban J connectivity index is 2.49. The molecule has 3 heteroatoms. The molecule has 1 fully saturated rings. The Morgan fingerprint density at radius 2 is 2.25 bits per heavy atom. The van der Waals surface area contributed by atoms with E-state index in [-0.39, 0.29) is 0 Å². The lowest BCUT2D eigenvalue weighted by molar-refractivity contribution is 0.419. The van der Waals surface area contributed by atoms with Crippen molar-refractivity contribution in [1.29, 1.82) is 0 Å². The smallest absolute Gasteiger partial charge is 0.0258 e. The van der Waals surface area contributed by atoms with Gasteiger partial charge in [-0.25, -0.2) is 0 Å². The normalized spacial score (nSPS) is 25.3. The third kappa shape index (κ3) is 2.58. The topological polar surface area (TPSA) is 64.1 Å². The van der Waals surface area contributed by atoms with Crippen molar-refractivity contribution in [3.05, 3.63) is 24.0 Å². The van der Waals surface area contributed by atoms with Gasteiger partial charge in [0.1, 0.15) is 0 Å². The molecule has 0 amide bonds. The van der Waals surface area contributed by atoms with Crippen LogP contribution in [-0.4, -0.2) is 13.1 Å². The third-order valence-corrected chi connectivity index (χ3v) is 2.12. The van der Waals surface area contributed by atoms with E-state index in [0.717, 1.165) is 25.2 Å². The summed E-state index contributed by atoms with van der Waals surface area (Å²) < 4.78 is 0. The molecule has 0 aromatic heterocycles. The Hall–Kier alpha value is -0.960. The van der Waals surface area contributed by atoms with Crippen LogP contribution in [-0.2, 0) is 0 Å². The van der Waals surface area contributed by atoms with Crippen molar-refractivity contribution in [3.63, 3.8) is 0 Å². The lowest BCUT2D eigenvalue weighted by Crippen LogP contribution is -2.32. The molecule has 1 atom stereocenters. The summed E-state index contributed by atoms with van der Waals surface area (Å²) in [5, 5.41) is 3.30. The SMILES string of the molecule is C=C(N)/C=C(\N)C1CCCNC1. The maximum atomic E-state index is 5.83. The first-order valence-electron chi connectivity index (χ1n) is 4.32. The Kier molecular flexibility index (Phi) is 3.17. The minimum absolute atomic E-state index is 0.444. The zero-order chi connectivity index (χ0) is 8.97. The molecule has 1 saturated heterocycles. The van der Waals surface area contributed by atoms with Gasteiger partial charge in [-0.3, -0.25) is 0 Å². The summed E-state index contributed by atoms with van der Waals surface area (Å²) in [7, 11) is 0. The quantitative estimate of drug-likeness (QED) is 0.518. The number of hydrogen-bond donors (Lipinski definition) is 3. The predicted molar refractivity (Wildman–Crippen MR) is 51.2 cm³/mol. The predicted octanol–water partition coefficient (Wildman–Crippen LogP) is 0.301. The summed E-state index contributed by atoms with van der Waals surface area (Å²) in [5.74, 6) is 0.444. The van der Waals surface area contributed by atoms with Gasteiger partial charge in [-0.05, 0) is 25.5 Å². The van der Waals surface area contributed by atoms with Crippen LogP contribution in [0.1, 0.15) is 12.8 Å². The van der Waals surface area contributed by atoms with E-state index in [1.165, 1.54) is 6.42 Å². The van der Waals surface area contributed by atoms with E-state index in [9.17, 15) is 0 Å². The lowest BCUT2D eigenvalue weighted by Gasteiger charge is -2.23. The first-order chi connectivity index (χ1) is 5.70. The van der Waals surface area contributed by atoms with Crippen molar-refractivity contribution in [1.82, 2.24) is 5.32 Å². The molecule has 0 saturated carbocycles. The van der Waals surface area contributed by atoms with Crippen LogP contribution in [0.15, 0.2) is 24.0 Å². The van der Waals surface area contributed by atoms with Gasteiger partial charge in [-0.2, -0.15) is 0 Å². The van der Waals surface area contributed by atoms with Gasteiger partial charge in [0.15, 0.2) is 0 Å². The monoisotopic (exact) mass is 167 g/mol. The molecule has 0 radical (unpaired) electrons. The minimum Gasteiger partial charge on any atom is -0.402 e. The Morgan fingerprint density at radius 1 is 1.50 bits per heavy atom. The van der Waals surface area contributed by atoms with Gasteiger partial charge in [-0.15, -0.1) is 0 Å². The number of piperidine rings is 1. The maximum absolute atomic E-state index is 5.83. The fourth-order valence-electron chi connectivity index (χ4n) is 1.47. The van der Waals surface area contributed by atoms with Crippen molar-refractivity contribution in [2.75, 3.05) is 13.1 Å². The average Bonchev–Trinajstić information content (AvgIpc) is 2.05. The van der Waals surface area contributed by atoms with Crippen LogP contribution in [0.2, 0.25) is 0 Å². The lowest BCUT2D eigenvalue weighted by atomic mass is 9.96. The van der Waals surface area contributed by atoms with E-state index < -0.39 is 0 Å². The molecule has 0 aromatic rings.